The van der Waals surface area contributed by atoms with Crippen LogP contribution in [0.1, 0.15) is 5.82 Å². The molecule has 0 aliphatic carbocycles. The molecule has 9 heteroatoms. The zero-order valence-corrected chi connectivity index (χ0v) is 15.0. The van der Waals surface area contributed by atoms with Gasteiger partial charge in [-0.25, -0.2) is 14.6 Å². The van der Waals surface area contributed by atoms with Gasteiger partial charge in [-0.3, -0.25) is 14.4 Å². The Bertz CT molecular complexity index is 970. The van der Waals surface area contributed by atoms with Crippen molar-refractivity contribution >= 4 is 16.9 Å². The van der Waals surface area contributed by atoms with Crippen LogP contribution in [0.4, 0.5) is 5.82 Å². The first-order valence-electron chi connectivity index (χ1n) is 8.77. The molecule has 0 aromatic carbocycles. The molecule has 9 nitrogen and oxygen atoms in total. The average molecular weight is 354 g/mol. The molecule has 136 valence electrons. The fraction of sp³-hybridized carbons (Fsp3) is 0.471. The van der Waals surface area contributed by atoms with Crippen LogP contribution in [0.15, 0.2) is 29.3 Å². The van der Waals surface area contributed by atoms with Crippen LogP contribution >= 0.6 is 0 Å². The molecule has 4 rings (SSSR count). The number of aryl methyl sites for hydroxylation is 2. The molecule has 0 unspecified atom stereocenters. The summed E-state index contributed by atoms with van der Waals surface area (Å²) in [6.45, 7) is 6.96. The summed E-state index contributed by atoms with van der Waals surface area (Å²) in [6.07, 6.45) is 3.49. The van der Waals surface area contributed by atoms with E-state index in [1.165, 1.54) is 4.68 Å². The summed E-state index contributed by atoms with van der Waals surface area (Å²) in [7, 11) is 1.90. The maximum atomic E-state index is 11.7. The lowest BCUT2D eigenvalue weighted by atomic mass is 10.2. The second kappa shape index (κ2) is 6.83. The summed E-state index contributed by atoms with van der Waals surface area (Å²) in [5, 5.41) is 9.42. The van der Waals surface area contributed by atoms with Crippen molar-refractivity contribution in [2.75, 3.05) is 37.6 Å². The molecule has 3 aromatic heterocycles. The first-order valence-corrected chi connectivity index (χ1v) is 8.77. The van der Waals surface area contributed by atoms with E-state index in [4.69, 9.17) is 0 Å². The lowest BCUT2D eigenvalue weighted by Crippen LogP contribution is -2.48. The van der Waals surface area contributed by atoms with Gasteiger partial charge in [0.25, 0.3) is 5.56 Å². The predicted molar refractivity (Wildman–Crippen MR) is 98.2 cm³/mol. The lowest BCUT2D eigenvalue weighted by molar-refractivity contribution is 0.242. The van der Waals surface area contributed by atoms with Crippen molar-refractivity contribution in [3.63, 3.8) is 0 Å². The Labute approximate surface area is 150 Å². The van der Waals surface area contributed by atoms with Crippen molar-refractivity contribution in [3.8, 4) is 0 Å². The van der Waals surface area contributed by atoms with Crippen LogP contribution in [0.3, 0.4) is 0 Å². The minimum absolute atomic E-state index is 0.0541. The van der Waals surface area contributed by atoms with Crippen LogP contribution in [-0.2, 0) is 13.6 Å². The van der Waals surface area contributed by atoms with E-state index in [-0.39, 0.29) is 5.56 Å². The number of hydrogen-bond acceptors (Lipinski definition) is 7. The minimum Gasteiger partial charge on any atom is -0.353 e. The molecule has 1 saturated heterocycles. The minimum atomic E-state index is -0.0541. The van der Waals surface area contributed by atoms with Crippen molar-refractivity contribution in [2.24, 2.45) is 7.05 Å². The van der Waals surface area contributed by atoms with Gasteiger partial charge in [-0.2, -0.15) is 10.2 Å². The zero-order valence-electron chi connectivity index (χ0n) is 15.0. The molecule has 0 saturated carbocycles. The van der Waals surface area contributed by atoms with E-state index in [1.807, 2.05) is 20.2 Å². The van der Waals surface area contributed by atoms with E-state index in [9.17, 15) is 4.79 Å². The molecule has 3 aromatic rings. The quantitative estimate of drug-likeness (QED) is 0.654. The van der Waals surface area contributed by atoms with Gasteiger partial charge in [0.2, 0.25) is 0 Å². The van der Waals surface area contributed by atoms with Crippen molar-refractivity contribution in [2.45, 2.75) is 13.5 Å². The molecular formula is C17H22N8O. The Morgan fingerprint density at radius 1 is 1.08 bits per heavy atom. The van der Waals surface area contributed by atoms with Crippen LogP contribution in [0.2, 0.25) is 0 Å². The van der Waals surface area contributed by atoms with Gasteiger partial charge in [0.1, 0.15) is 11.6 Å². The monoisotopic (exact) mass is 354 g/mol. The normalized spacial score (nSPS) is 15.7. The highest BCUT2D eigenvalue weighted by Gasteiger charge is 2.21. The molecule has 0 amide bonds. The van der Waals surface area contributed by atoms with Crippen molar-refractivity contribution < 1.29 is 0 Å². The summed E-state index contributed by atoms with van der Waals surface area (Å²) in [5.74, 6) is 1.72. The van der Waals surface area contributed by atoms with E-state index in [2.05, 4.69) is 30.0 Å². The Morgan fingerprint density at radius 2 is 1.88 bits per heavy atom. The van der Waals surface area contributed by atoms with Crippen molar-refractivity contribution in [1.29, 1.82) is 0 Å². The summed E-state index contributed by atoms with van der Waals surface area (Å²) in [4.78, 5) is 25.5. The van der Waals surface area contributed by atoms with Crippen LogP contribution in [0, 0.1) is 6.92 Å². The van der Waals surface area contributed by atoms with E-state index < -0.39 is 0 Å². The summed E-state index contributed by atoms with van der Waals surface area (Å²) in [6, 6.07) is 3.21. The molecule has 1 fully saturated rings. The van der Waals surface area contributed by atoms with E-state index >= 15 is 0 Å². The number of rotatable bonds is 4. The first-order chi connectivity index (χ1) is 12.6. The largest absolute Gasteiger partial charge is 0.353 e. The van der Waals surface area contributed by atoms with Gasteiger partial charge in [0.05, 0.1) is 18.1 Å². The number of hydrogen-bond donors (Lipinski definition) is 0. The highest BCUT2D eigenvalue weighted by Crippen LogP contribution is 2.24. The number of nitrogens with zero attached hydrogens (tertiary/aromatic N) is 8. The molecule has 4 heterocycles. The molecule has 0 bridgehead atoms. The van der Waals surface area contributed by atoms with Crippen LogP contribution in [0.5, 0.6) is 0 Å². The Morgan fingerprint density at radius 3 is 2.65 bits per heavy atom. The van der Waals surface area contributed by atoms with Gasteiger partial charge >= 0.3 is 0 Å². The van der Waals surface area contributed by atoms with Crippen LogP contribution in [0.25, 0.3) is 11.0 Å². The molecule has 0 spiro atoms. The Hall–Kier alpha value is -2.81. The van der Waals surface area contributed by atoms with E-state index in [0.29, 0.717) is 6.54 Å². The van der Waals surface area contributed by atoms with Crippen molar-refractivity contribution in [3.05, 3.63) is 40.7 Å². The third kappa shape index (κ3) is 3.17. The number of aromatic nitrogens is 6. The molecule has 1 aliphatic heterocycles. The topological polar surface area (TPSA) is 85.0 Å². The first kappa shape index (κ1) is 16.6. The fourth-order valence-corrected chi connectivity index (χ4v) is 3.33. The van der Waals surface area contributed by atoms with Gasteiger partial charge in [-0.1, -0.05) is 0 Å². The summed E-state index contributed by atoms with van der Waals surface area (Å²) >= 11 is 0. The number of fused-ring (bicyclic) bond motifs is 1. The highest BCUT2D eigenvalue weighted by molar-refractivity contribution is 5.87. The third-order valence-corrected chi connectivity index (χ3v) is 4.77. The molecule has 26 heavy (non-hydrogen) atoms. The van der Waals surface area contributed by atoms with Gasteiger partial charge < -0.3 is 4.90 Å². The summed E-state index contributed by atoms with van der Waals surface area (Å²) in [5.41, 5.74) is 0.811. The standard InChI is InChI=1S/C17H22N8O/c1-13-20-16-14(12-19-22(16)2)17(21-13)24-9-6-23(7-10-24)8-11-25-15(26)4-3-5-18-25/h3-5,12H,6-11H2,1-2H3. The molecular weight excluding hydrogens is 332 g/mol. The second-order valence-electron chi connectivity index (χ2n) is 6.51. The second-order valence-corrected chi connectivity index (χ2v) is 6.51. The Balaban J connectivity index is 1.43. The number of piperazine rings is 1. The predicted octanol–water partition coefficient (Wildman–Crippen LogP) is 0.0506. The smallest absolute Gasteiger partial charge is 0.266 e. The average Bonchev–Trinajstić information content (AvgIpc) is 3.02. The molecule has 0 radical (unpaired) electrons. The fourth-order valence-electron chi connectivity index (χ4n) is 3.33. The van der Waals surface area contributed by atoms with Crippen LogP contribution < -0.4 is 10.5 Å². The van der Waals surface area contributed by atoms with Gasteiger partial charge in [0.15, 0.2) is 5.65 Å². The zero-order chi connectivity index (χ0) is 18.1. The SMILES string of the molecule is Cc1nc(N2CCN(CCn3ncccc3=O)CC2)c2cnn(C)c2n1. The third-order valence-electron chi connectivity index (χ3n) is 4.77. The summed E-state index contributed by atoms with van der Waals surface area (Å²) < 4.78 is 3.30. The maximum Gasteiger partial charge on any atom is 0.266 e. The van der Waals surface area contributed by atoms with E-state index in [1.54, 1.807) is 23.0 Å². The van der Waals surface area contributed by atoms with Crippen LogP contribution in [-0.4, -0.2) is 67.2 Å². The Kier molecular flexibility index (Phi) is 4.37. The van der Waals surface area contributed by atoms with E-state index in [0.717, 1.165) is 55.4 Å². The molecule has 1 aliphatic rings. The van der Waals surface area contributed by atoms with Gasteiger partial charge in [-0.15, -0.1) is 0 Å². The highest BCUT2D eigenvalue weighted by atomic mass is 16.1. The number of anilines is 1. The molecule has 0 N–H and O–H groups in total. The molecule has 0 atom stereocenters. The lowest BCUT2D eigenvalue weighted by Gasteiger charge is -2.35. The van der Waals surface area contributed by atoms with Gasteiger partial charge in [-0.05, 0) is 13.0 Å². The maximum absolute atomic E-state index is 11.7. The van der Waals surface area contributed by atoms with Crippen molar-refractivity contribution in [1.82, 2.24) is 34.4 Å². The van der Waals surface area contributed by atoms with Gasteiger partial charge in [0, 0.05) is 52.0 Å².